The second-order valence-corrected chi connectivity index (χ2v) is 8.37. The Hall–Kier alpha value is -3.04. The number of benzene rings is 2. The van der Waals surface area contributed by atoms with Crippen LogP contribution in [0.25, 0.3) is 0 Å². The fourth-order valence-electron chi connectivity index (χ4n) is 4.39. The van der Waals surface area contributed by atoms with E-state index < -0.39 is 23.4 Å². The first kappa shape index (κ1) is 23.1. The van der Waals surface area contributed by atoms with Gasteiger partial charge in [-0.05, 0) is 42.2 Å². The SMILES string of the molecule is CN1CCCc2cc([C@@H](CNC(=O)C(=O)Nc3ccc(F)c(F)c3)N3CCOCC3)ccc21. The molecule has 2 amide bonds. The smallest absolute Gasteiger partial charge is 0.313 e. The van der Waals surface area contributed by atoms with Crippen molar-refractivity contribution < 1.29 is 23.1 Å². The zero-order chi connectivity index (χ0) is 23.4. The topological polar surface area (TPSA) is 73.9 Å². The number of ether oxygens (including phenoxy) is 1. The van der Waals surface area contributed by atoms with Gasteiger partial charge in [0.15, 0.2) is 11.6 Å². The van der Waals surface area contributed by atoms with E-state index in [0.717, 1.165) is 50.2 Å². The summed E-state index contributed by atoms with van der Waals surface area (Å²) in [7, 11) is 2.09. The van der Waals surface area contributed by atoms with Crippen molar-refractivity contribution >= 4 is 23.2 Å². The fraction of sp³-hybridized carbons (Fsp3) is 0.417. The van der Waals surface area contributed by atoms with E-state index in [2.05, 4.69) is 45.7 Å². The van der Waals surface area contributed by atoms with Gasteiger partial charge in [0.05, 0.1) is 19.3 Å². The summed E-state index contributed by atoms with van der Waals surface area (Å²) in [6.45, 7) is 3.92. The van der Waals surface area contributed by atoms with E-state index >= 15 is 0 Å². The molecule has 0 spiro atoms. The van der Waals surface area contributed by atoms with Crippen molar-refractivity contribution in [2.75, 3.05) is 56.7 Å². The second kappa shape index (κ2) is 10.3. The maximum absolute atomic E-state index is 13.4. The Morgan fingerprint density at radius 1 is 1.03 bits per heavy atom. The Morgan fingerprint density at radius 2 is 1.82 bits per heavy atom. The monoisotopic (exact) mass is 458 g/mol. The van der Waals surface area contributed by atoms with Crippen molar-refractivity contribution in [3.05, 3.63) is 59.2 Å². The molecule has 0 unspecified atom stereocenters. The van der Waals surface area contributed by atoms with Crippen LogP contribution in [0, 0.1) is 11.6 Å². The predicted octanol–water partition coefficient (Wildman–Crippen LogP) is 2.48. The fourth-order valence-corrected chi connectivity index (χ4v) is 4.39. The number of hydrogen-bond acceptors (Lipinski definition) is 5. The average molecular weight is 459 g/mol. The van der Waals surface area contributed by atoms with Crippen LogP contribution in [-0.2, 0) is 20.7 Å². The Bertz CT molecular complexity index is 1030. The summed E-state index contributed by atoms with van der Waals surface area (Å²) < 4.78 is 31.9. The molecule has 0 aromatic heterocycles. The van der Waals surface area contributed by atoms with Crippen LogP contribution in [0.5, 0.6) is 0 Å². The molecule has 1 saturated heterocycles. The first-order chi connectivity index (χ1) is 15.9. The molecule has 0 bridgehead atoms. The molecule has 176 valence electrons. The molecule has 4 rings (SSSR count). The average Bonchev–Trinajstić information content (AvgIpc) is 2.82. The lowest BCUT2D eigenvalue weighted by atomic mass is 9.95. The number of aryl methyl sites for hydroxylation is 1. The van der Waals surface area contributed by atoms with Gasteiger partial charge in [0.2, 0.25) is 0 Å². The molecule has 33 heavy (non-hydrogen) atoms. The molecular formula is C24H28F2N4O3. The molecule has 0 aliphatic carbocycles. The summed E-state index contributed by atoms with van der Waals surface area (Å²) in [5.74, 6) is -3.90. The van der Waals surface area contributed by atoms with Crippen LogP contribution < -0.4 is 15.5 Å². The molecule has 1 fully saturated rings. The van der Waals surface area contributed by atoms with Gasteiger partial charge in [-0.3, -0.25) is 14.5 Å². The molecule has 2 N–H and O–H groups in total. The Morgan fingerprint density at radius 3 is 2.58 bits per heavy atom. The van der Waals surface area contributed by atoms with Crippen molar-refractivity contribution in [2.45, 2.75) is 18.9 Å². The van der Waals surface area contributed by atoms with Gasteiger partial charge >= 0.3 is 11.8 Å². The van der Waals surface area contributed by atoms with E-state index in [1.54, 1.807) is 0 Å². The molecule has 2 aromatic carbocycles. The number of amides is 2. The van der Waals surface area contributed by atoms with E-state index in [1.807, 2.05) is 0 Å². The van der Waals surface area contributed by atoms with Crippen molar-refractivity contribution in [3.63, 3.8) is 0 Å². The lowest BCUT2D eigenvalue weighted by molar-refractivity contribution is -0.136. The summed E-state index contributed by atoms with van der Waals surface area (Å²) in [6, 6.07) is 9.20. The minimum absolute atomic E-state index is 0.0117. The summed E-state index contributed by atoms with van der Waals surface area (Å²) in [5, 5.41) is 5.00. The van der Waals surface area contributed by atoms with Crippen LogP contribution in [0.1, 0.15) is 23.6 Å². The molecule has 2 heterocycles. The van der Waals surface area contributed by atoms with Gasteiger partial charge in [0.1, 0.15) is 0 Å². The molecular weight excluding hydrogens is 430 g/mol. The zero-order valence-corrected chi connectivity index (χ0v) is 18.6. The number of nitrogens with zero attached hydrogens (tertiary/aromatic N) is 2. The highest BCUT2D eigenvalue weighted by atomic mass is 19.2. The van der Waals surface area contributed by atoms with E-state index in [4.69, 9.17) is 4.74 Å². The first-order valence-electron chi connectivity index (χ1n) is 11.1. The van der Waals surface area contributed by atoms with E-state index in [0.29, 0.717) is 13.2 Å². The molecule has 2 aliphatic rings. The Balaban J connectivity index is 1.46. The normalized spacial score (nSPS) is 17.2. The molecule has 0 saturated carbocycles. The van der Waals surface area contributed by atoms with Crippen molar-refractivity contribution in [1.82, 2.24) is 10.2 Å². The lowest BCUT2D eigenvalue weighted by Gasteiger charge is -2.36. The maximum Gasteiger partial charge on any atom is 0.313 e. The predicted molar refractivity (Wildman–Crippen MR) is 121 cm³/mol. The van der Waals surface area contributed by atoms with Crippen molar-refractivity contribution in [1.29, 1.82) is 0 Å². The van der Waals surface area contributed by atoms with Crippen molar-refractivity contribution in [3.8, 4) is 0 Å². The van der Waals surface area contributed by atoms with Crippen LogP contribution in [-0.4, -0.2) is 63.2 Å². The highest BCUT2D eigenvalue weighted by molar-refractivity contribution is 6.39. The quantitative estimate of drug-likeness (QED) is 0.674. The van der Waals surface area contributed by atoms with Gasteiger partial charge in [-0.2, -0.15) is 0 Å². The van der Waals surface area contributed by atoms with Gasteiger partial charge in [-0.15, -0.1) is 0 Å². The number of halogens is 2. The van der Waals surface area contributed by atoms with Gasteiger partial charge < -0.3 is 20.3 Å². The Labute approximate surface area is 191 Å². The van der Waals surface area contributed by atoms with E-state index in [1.165, 1.54) is 17.3 Å². The third-order valence-electron chi connectivity index (χ3n) is 6.17. The second-order valence-electron chi connectivity index (χ2n) is 8.37. The van der Waals surface area contributed by atoms with Crippen molar-refractivity contribution in [2.24, 2.45) is 0 Å². The third kappa shape index (κ3) is 5.48. The summed E-state index contributed by atoms with van der Waals surface area (Å²) in [6.07, 6.45) is 2.10. The maximum atomic E-state index is 13.4. The minimum Gasteiger partial charge on any atom is -0.379 e. The standard InChI is InChI=1S/C24H28F2N4O3/c1-29-8-2-3-16-13-17(4-7-21(16)29)22(30-9-11-33-12-10-30)15-27-23(31)24(32)28-18-5-6-19(25)20(26)14-18/h4-7,13-14,22H,2-3,8-12,15H2,1H3,(H,27,31)(H,28,32)/t22-/m1/s1. The summed E-state index contributed by atoms with van der Waals surface area (Å²) in [4.78, 5) is 29.2. The van der Waals surface area contributed by atoms with Crippen LogP contribution in [0.2, 0.25) is 0 Å². The zero-order valence-electron chi connectivity index (χ0n) is 18.6. The lowest BCUT2D eigenvalue weighted by Crippen LogP contribution is -2.45. The number of nitrogens with one attached hydrogen (secondary N) is 2. The summed E-state index contributed by atoms with van der Waals surface area (Å²) in [5.41, 5.74) is 3.59. The molecule has 9 heteroatoms. The summed E-state index contributed by atoms with van der Waals surface area (Å²) >= 11 is 0. The molecule has 0 radical (unpaired) electrons. The highest BCUT2D eigenvalue weighted by Crippen LogP contribution is 2.31. The van der Waals surface area contributed by atoms with E-state index in [-0.39, 0.29) is 18.3 Å². The Kier molecular flexibility index (Phi) is 7.20. The van der Waals surface area contributed by atoms with Gasteiger partial charge in [-0.25, -0.2) is 8.78 Å². The number of anilines is 2. The number of rotatable bonds is 5. The van der Waals surface area contributed by atoms with Gasteiger partial charge in [0.25, 0.3) is 0 Å². The number of carbonyl (C=O) groups excluding carboxylic acids is 2. The molecule has 2 aliphatic heterocycles. The van der Waals surface area contributed by atoms with Crippen LogP contribution in [0.4, 0.5) is 20.2 Å². The molecule has 1 atom stereocenters. The first-order valence-corrected chi connectivity index (χ1v) is 11.1. The molecule has 2 aromatic rings. The molecule has 7 nitrogen and oxygen atoms in total. The van der Waals surface area contributed by atoms with E-state index in [9.17, 15) is 18.4 Å². The number of carbonyl (C=O) groups is 2. The largest absolute Gasteiger partial charge is 0.379 e. The number of fused-ring (bicyclic) bond motifs is 1. The minimum atomic E-state index is -1.10. The van der Waals surface area contributed by atoms with Crippen LogP contribution in [0.15, 0.2) is 36.4 Å². The van der Waals surface area contributed by atoms with Crippen LogP contribution >= 0.6 is 0 Å². The highest BCUT2D eigenvalue weighted by Gasteiger charge is 2.26. The number of hydrogen-bond donors (Lipinski definition) is 2. The van der Waals surface area contributed by atoms with Gasteiger partial charge in [0, 0.05) is 50.7 Å². The number of morpholine rings is 1. The van der Waals surface area contributed by atoms with Crippen LogP contribution in [0.3, 0.4) is 0 Å². The van der Waals surface area contributed by atoms with Gasteiger partial charge in [-0.1, -0.05) is 12.1 Å². The third-order valence-corrected chi connectivity index (χ3v) is 6.17.